The molecular formula is C18H18ClN3O3. The standard InChI is InChI=1S/C18H18ClN3O3/c1-4-7-22-17(23)13(9-20)11(2)14(18(22)24)10-21-15-8-12(19)5-6-16(15)25-3/h5-6,8,10,24H,4,7H2,1-3H3. The van der Waals surface area contributed by atoms with Gasteiger partial charge in [-0.05, 0) is 37.1 Å². The molecule has 0 atom stereocenters. The molecule has 2 rings (SSSR count). The average Bonchev–Trinajstić information content (AvgIpc) is 2.59. The lowest BCUT2D eigenvalue weighted by Gasteiger charge is -2.13. The van der Waals surface area contributed by atoms with Crippen molar-refractivity contribution in [1.29, 1.82) is 5.26 Å². The van der Waals surface area contributed by atoms with E-state index in [1.54, 1.807) is 25.1 Å². The quantitative estimate of drug-likeness (QED) is 0.827. The predicted octanol–water partition coefficient (Wildman–Crippen LogP) is 3.56. The average molecular weight is 360 g/mol. The van der Waals surface area contributed by atoms with Gasteiger partial charge in [-0.2, -0.15) is 5.26 Å². The Kier molecular flexibility index (Phi) is 5.84. The Bertz CT molecular complexity index is 927. The largest absolute Gasteiger partial charge is 0.494 e. The number of nitriles is 1. The van der Waals surface area contributed by atoms with Crippen molar-refractivity contribution in [2.75, 3.05) is 7.11 Å². The molecule has 130 valence electrons. The van der Waals surface area contributed by atoms with Gasteiger partial charge in [-0.3, -0.25) is 14.4 Å². The lowest BCUT2D eigenvalue weighted by atomic mass is 10.1. The molecule has 0 bridgehead atoms. The Hall–Kier alpha value is -2.78. The van der Waals surface area contributed by atoms with Gasteiger partial charge in [0.25, 0.3) is 5.56 Å². The number of pyridine rings is 1. The molecule has 0 spiro atoms. The highest BCUT2D eigenvalue weighted by molar-refractivity contribution is 6.30. The molecule has 0 aliphatic heterocycles. The molecular weight excluding hydrogens is 342 g/mol. The highest BCUT2D eigenvalue weighted by atomic mass is 35.5. The minimum absolute atomic E-state index is 0.00856. The molecule has 0 fully saturated rings. The second-order valence-electron chi connectivity index (χ2n) is 5.38. The molecule has 0 unspecified atom stereocenters. The van der Waals surface area contributed by atoms with E-state index in [1.807, 2.05) is 13.0 Å². The van der Waals surface area contributed by atoms with Crippen LogP contribution in [0.15, 0.2) is 28.0 Å². The summed E-state index contributed by atoms with van der Waals surface area (Å²) >= 11 is 5.99. The first-order valence-corrected chi connectivity index (χ1v) is 8.06. The summed E-state index contributed by atoms with van der Waals surface area (Å²) in [5.41, 5.74) is 0.650. The zero-order chi connectivity index (χ0) is 18.6. The van der Waals surface area contributed by atoms with Crippen LogP contribution >= 0.6 is 11.6 Å². The molecule has 7 heteroatoms. The molecule has 1 aromatic heterocycles. The van der Waals surface area contributed by atoms with E-state index in [-0.39, 0.29) is 11.4 Å². The van der Waals surface area contributed by atoms with Crippen LogP contribution in [0.5, 0.6) is 11.6 Å². The number of hydrogen-bond acceptors (Lipinski definition) is 5. The summed E-state index contributed by atoms with van der Waals surface area (Å²) in [6.45, 7) is 3.79. The molecule has 0 amide bonds. The summed E-state index contributed by atoms with van der Waals surface area (Å²) in [7, 11) is 1.51. The second kappa shape index (κ2) is 7.86. The first-order valence-electron chi connectivity index (χ1n) is 7.68. The van der Waals surface area contributed by atoms with Gasteiger partial charge in [0.2, 0.25) is 5.88 Å². The summed E-state index contributed by atoms with van der Waals surface area (Å²) in [5.74, 6) is 0.299. The van der Waals surface area contributed by atoms with Gasteiger partial charge in [0.15, 0.2) is 0 Å². The first-order chi connectivity index (χ1) is 11.9. The molecule has 0 aliphatic rings. The SMILES string of the molecule is CCCn1c(O)c(C=Nc2cc(Cl)ccc2OC)c(C)c(C#N)c1=O. The highest BCUT2D eigenvalue weighted by Gasteiger charge is 2.17. The third-order valence-corrected chi connectivity index (χ3v) is 4.00. The summed E-state index contributed by atoms with van der Waals surface area (Å²) in [5, 5.41) is 20.2. The van der Waals surface area contributed by atoms with Crippen LogP contribution in [-0.2, 0) is 6.54 Å². The monoisotopic (exact) mass is 359 g/mol. The minimum Gasteiger partial charge on any atom is -0.494 e. The van der Waals surface area contributed by atoms with Crippen LogP contribution in [0.4, 0.5) is 5.69 Å². The molecule has 6 nitrogen and oxygen atoms in total. The summed E-state index contributed by atoms with van der Waals surface area (Å²) in [6.07, 6.45) is 2.05. The number of benzene rings is 1. The van der Waals surface area contributed by atoms with Gasteiger partial charge in [0.05, 0.1) is 12.7 Å². The molecule has 0 aliphatic carbocycles. The smallest absolute Gasteiger partial charge is 0.271 e. The summed E-state index contributed by atoms with van der Waals surface area (Å²) in [4.78, 5) is 16.6. The van der Waals surface area contributed by atoms with Crippen LogP contribution in [0, 0.1) is 18.3 Å². The van der Waals surface area contributed by atoms with E-state index in [2.05, 4.69) is 4.99 Å². The van der Waals surface area contributed by atoms with Crippen LogP contribution in [0.3, 0.4) is 0 Å². The predicted molar refractivity (Wildman–Crippen MR) is 97.4 cm³/mol. The van der Waals surface area contributed by atoms with Crippen molar-refractivity contribution in [3.8, 4) is 17.7 Å². The minimum atomic E-state index is -0.503. The van der Waals surface area contributed by atoms with Crippen molar-refractivity contribution in [1.82, 2.24) is 4.57 Å². The van der Waals surface area contributed by atoms with Gasteiger partial charge in [-0.25, -0.2) is 0 Å². The molecule has 0 radical (unpaired) electrons. The Labute approximate surface area is 150 Å². The number of methoxy groups -OCH3 is 1. The lowest BCUT2D eigenvalue weighted by Crippen LogP contribution is -2.25. The number of rotatable bonds is 5. The third kappa shape index (κ3) is 3.67. The van der Waals surface area contributed by atoms with Crippen LogP contribution in [0.1, 0.15) is 30.0 Å². The van der Waals surface area contributed by atoms with Crippen molar-refractivity contribution in [3.63, 3.8) is 0 Å². The fraction of sp³-hybridized carbons (Fsp3) is 0.278. The maximum atomic E-state index is 12.3. The normalized spacial score (nSPS) is 10.8. The van der Waals surface area contributed by atoms with Gasteiger partial charge < -0.3 is 9.84 Å². The fourth-order valence-corrected chi connectivity index (χ4v) is 2.62. The summed E-state index contributed by atoms with van der Waals surface area (Å²) in [6, 6.07) is 6.89. The maximum Gasteiger partial charge on any atom is 0.271 e. The van der Waals surface area contributed by atoms with E-state index in [4.69, 9.17) is 16.3 Å². The Morgan fingerprint density at radius 1 is 1.48 bits per heavy atom. The Morgan fingerprint density at radius 2 is 2.20 bits per heavy atom. The van der Waals surface area contributed by atoms with E-state index in [0.717, 1.165) is 0 Å². The van der Waals surface area contributed by atoms with Crippen molar-refractivity contribution >= 4 is 23.5 Å². The van der Waals surface area contributed by atoms with E-state index < -0.39 is 5.56 Å². The molecule has 25 heavy (non-hydrogen) atoms. The van der Waals surface area contributed by atoms with E-state index >= 15 is 0 Å². The van der Waals surface area contributed by atoms with Gasteiger partial charge in [0.1, 0.15) is 23.1 Å². The number of nitrogens with zero attached hydrogens (tertiary/aromatic N) is 3. The molecule has 0 saturated carbocycles. The Morgan fingerprint density at radius 3 is 2.80 bits per heavy atom. The van der Waals surface area contributed by atoms with Crippen LogP contribution in [-0.4, -0.2) is 23.0 Å². The first kappa shape index (κ1) is 18.6. The molecule has 0 saturated heterocycles. The van der Waals surface area contributed by atoms with Crippen LogP contribution in [0.25, 0.3) is 0 Å². The van der Waals surface area contributed by atoms with Crippen molar-refractivity contribution in [3.05, 3.63) is 50.3 Å². The third-order valence-electron chi connectivity index (χ3n) is 3.77. The maximum absolute atomic E-state index is 12.3. The number of hydrogen-bond donors (Lipinski definition) is 1. The number of aromatic nitrogens is 1. The van der Waals surface area contributed by atoms with E-state index in [0.29, 0.717) is 40.6 Å². The summed E-state index contributed by atoms with van der Waals surface area (Å²) < 4.78 is 6.42. The number of ether oxygens (including phenoxy) is 1. The highest BCUT2D eigenvalue weighted by Crippen LogP contribution is 2.31. The van der Waals surface area contributed by atoms with Gasteiger partial charge >= 0.3 is 0 Å². The Balaban J connectivity index is 2.64. The molecule has 1 N–H and O–H groups in total. The van der Waals surface area contributed by atoms with Gasteiger partial charge in [0, 0.05) is 17.8 Å². The molecule has 1 heterocycles. The number of halogens is 1. The number of aromatic hydroxyl groups is 1. The van der Waals surface area contributed by atoms with Crippen molar-refractivity contribution in [2.24, 2.45) is 4.99 Å². The van der Waals surface area contributed by atoms with Crippen LogP contribution in [0.2, 0.25) is 5.02 Å². The zero-order valence-corrected chi connectivity index (χ0v) is 15.0. The van der Waals surface area contributed by atoms with Crippen molar-refractivity contribution < 1.29 is 9.84 Å². The van der Waals surface area contributed by atoms with Gasteiger partial charge in [-0.15, -0.1) is 0 Å². The zero-order valence-electron chi connectivity index (χ0n) is 14.2. The molecule has 1 aromatic carbocycles. The lowest BCUT2D eigenvalue weighted by molar-refractivity contribution is 0.403. The second-order valence-corrected chi connectivity index (χ2v) is 5.82. The van der Waals surface area contributed by atoms with Crippen molar-refractivity contribution in [2.45, 2.75) is 26.8 Å². The fourth-order valence-electron chi connectivity index (χ4n) is 2.45. The molecule has 2 aromatic rings. The number of aliphatic imine (C=N–C) groups is 1. The van der Waals surface area contributed by atoms with Gasteiger partial charge in [-0.1, -0.05) is 18.5 Å². The van der Waals surface area contributed by atoms with Crippen LogP contribution < -0.4 is 10.3 Å². The van der Waals surface area contributed by atoms with E-state index in [1.165, 1.54) is 17.9 Å². The topological polar surface area (TPSA) is 87.6 Å². The van der Waals surface area contributed by atoms with E-state index in [9.17, 15) is 15.2 Å².